The van der Waals surface area contributed by atoms with Gasteiger partial charge in [-0.05, 0) is 44.7 Å². The van der Waals surface area contributed by atoms with Gasteiger partial charge < -0.3 is 19.8 Å². The highest BCUT2D eigenvalue weighted by Crippen LogP contribution is 2.23. The summed E-state index contributed by atoms with van der Waals surface area (Å²) >= 11 is 0. The fraction of sp³-hybridized carbons (Fsp3) is 0.632. The molecule has 1 saturated heterocycles. The van der Waals surface area contributed by atoms with Gasteiger partial charge in [0.2, 0.25) is 0 Å². The predicted octanol–water partition coefficient (Wildman–Crippen LogP) is 1.97. The fourth-order valence-corrected chi connectivity index (χ4v) is 3.67. The topological polar surface area (TPSA) is 89.5 Å². The number of aryl methyl sites for hydroxylation is 2. The number of aromatic nitrogens is 3. The van der Waals surface area contributed by atoms with Crippen molar-refractivity contribution in [3.8, 4) is 0 Å². The number of ether oxygens (including phenoxy) is 1. The molecule has 0 radical (unpaired) electrons. The van der Waals surface area contributed by atoms with Crippen molar-refractivity contribution in [2.24, 2.45) is 4.99 Å². The van der Waals surface area contributed by atoms with Crippen LogP contribution in [-0.4, -0.2) is 46.5 Å². The standard InChI is InChI=1S/C19H28N6O2/c1-14-21-18-17(5-2-10-25(18)24-14)23-19(22-15-7-12-26-13-8-15)20-9-6-16-4-3-11-27-16/h3-4,11,15,17H,2,5-10,12-13H2,1H3,(H2,20,22,23). The zero-order chi connectivity index (χ0) is 18.5. The fourth-order valence-electron chi connectivity index (χ4n) is 3.67. The second-order valence-electron chi connectivity index (χ2n) is 7.17. The summed E-state index contributed by atoms with van der Waals surface area (Å²) < 4.78 is 12.9. The van der Waals surface area contributed by atoms with Crippen LogP contribution in [0, 0.1) is 6.92 Å². The maximum Gasteiger partial charge on any atom is 0.192 e. The molecular weight excluding hydrogens is 344 g/mol. The number of hydrogen-bond donors (Lipinski definition) is 2. The first-order valence-corrected chi connectivity index (χ1v) is 9.87. The molecule has 146 valence electrons. The first-order valence-electron chi connectivity index (χ1n) is 9.87. The van der Waals surface area contributed by atoms with E-state index < -0.39 is 0 Å². The Morgan fingerprint density at radius 1 is 1.30 bits per heavy atom. The molecular formula is C19H28N6O2. The zero-order valence-corrected chi connectivity index (χ0v) is 15.9. The van der Waals surface area contributed by atoms with E-state index in [1.807, 2.05) is 23.7 Å². The third-order valence-corrected chi connectivity index (χ3v) is 5.06. The largest absolute Gasteiger partial charge is 0.469 e. The molecule has 2 aliphatic rings. The molecule has 0 aromatic carbocycles. The van der Waals surface area contributed by atoms with E-state index in [4.69, 9.17) is 14.1 Å². The maximum absolute atomic E-state index is 5.48. The van der Waals surface area contributed by atoms with E-state index in [0.29, 0.717) is 12.6 Å². The summed E-state index contributed by atoms with van der Waals surface area (Å²) in [6.07, 6.45) is 6.61. The second kappa shape index (κ2) is 8.56. The van der Waals surface area contributed by atoms with Gasteiger partial charge in [0.25, 0.3) is 0 Å². The van der Waals surface area contributed by atoms with Crippen LogP contribution in [0.2, 0.25) is 0 Å². The molecule has 0 saturated carbocycles. The van der Waals surface area contributed by atoms with Crippen molar-refractivity contribution in [3.05, 3.63) is 35.8 Å². The van der Waals surface area contributed by atoms with Gasteiger partial charge in [-0.25, -0.2) is 9.67 Å². The Morgan fingerprint density at radius 2 is 2.19 bits per heavy atom. The minimum absolute atomic E-state index is 0.134. The molecule has 2 aromatic heterocycles. The molecule has 0 bridgehead atoms. The Morgan fingerprint density at radius 3 is 3.00 bits per heavy atom. The predicted molar refractivity (Wildman–Crippen MR) is 102 cm³/mol. The quantitative estimate of drug-likeness (QED) is 0.616. The van der Waals surface area contributed by atoms with Crippen LogP contribution < -0.4 is 10.6 Å². The number of furan rings is 1. The van der Waals surface area contributed by atoms with Crippen molar-refractivity contribution in [1.82, 2.24) is 25.4 Å². The average molecular weight is 372 g/mol. The van der Waals surface area contributed by atoms with Crippen LogP contribution in [0.3, 0.4) is 0 Å². The Hall–Kier alpha value is -2.35. The van der Waals surface area contributed by atoms with Gasteiger partial charge in [-0.1, -0.05) is 0 Å². The lowest BCUT2D eigenvalue weighted by Crippen LogP contribution is -2.47. The van der Waals surface area contributed by atoms with Gasteiger partial charge in [0, 0.05) is 38.8 Å². The molecule has 2 N–H and O–H groups in total. The molecule has 1 atom stereocenters. The number of rotatable bonds is 5. The average Bonchev–Trinajstić information content (AvgIpc) is 3.32. The summed E-state index contributed by atoms with van der Waals surface area (Å²) in [5, 5.41) is 11.7. The number of hydrogen-bond acceptors (Lipinski definition) is 5. The van der Waals surface area contributed by atoms with Gasteiger partial charge >= 0.3 is 0 Å². The number of guanidine groups is 1. The molecule has 4 rings (SSSR count). The van der Waals surface area contributed by atoms with Gasteiger partial charge in [0.1, 0.15) is 17.4 Å². The summed E-state index contributed by atoms with van der Waals surface area (Å²) in [4.78, 5) is 9.43. The summed E-state index contributed by atoms with van der Waals surface area (Å²) in [5.74, 6) is 3.63. The van der Waals surface area contributed by atoms with Gasteiger partial charge in [0.15, 0.2) is 5.96 Å². The summed E-state index contributed by atoms with van der Waals surface area (Å²) in [6, 6.07) is 4.42. The SMILES string of the molecule is Cc1nc2n(n1)CCCC2NC(=NCCc1ccco1)NC1CCOCC1. The van der Waals surface area contributed by atoms with Gasteiger partial charge in [-0.15, -0.1) is 0 Å². The van der Waals surface area contributed by atoms with E-state index in [-0.39, 0.29) is 6.04 Å². The van der Waals surface area contributed by atoms with Crippen molar-refractivity contribution in [2.45, 2.75) is 57.7 Å². The Bertz CT molecular complexity index is 748. The highest BCUT2D eigenvalue weighted by molar-refractivity contribution is 5.80. The third-order valence-electron chi connectivity index (χ3n) is 5.06. The molecule has 8 nitrogen and oxygen atoms in total. The van der Waals surface area contributed by atoms with Crippen molar-refractivity contribution in [1.29, 1.82) is 0 Å². The van der Waals surface area contributed by atoms with E-state index in [1.54, 1.807) is 6.26 Å². The van der Waals surface area contributed by atoms with Crippen molar-refractivity contribution in [2.75, 3.05) is 19.8 Å². The molecule has 1 fully saturated rings. The van der Waals surface area contributed by atoms with Crippen LogP contribution in [0.5, 0.6) is 0 Å². The van der Waals surface area contributed by atoms with Gasteiger partial charge in [0.05, 0.1) is 12.3 Å². The summed E-state index contributed by atoms with van der Waals surface area (Å²) in [7, 11) is 0. The molecule has 0 amide bonds. The highest BCUT2D eigenvalue weighted by Gasteiger charge is 2.25. The van der Waals surface area contributed by atoms with Gasteiger partial charge in [-0.2, -0.15) is 5.10 Å². The molecule has 2 aromatic rings. The molecule has 27 heavy (non-hydrogen) atoms. The summed E-state index contributed by atoms with van der Waals surface area (Å²) in [5.41, 5.74) is 0. The molecule has 0 aliphatic carbocycles. The van der Waals surface area contributed by atoms with Crippen LogP contribution in [0.4, 0.5) is 0 Å². The Balaban J connectivity index is 1.45. The smallest absolute Gasteiger partial charge is 0.192 e. The normalized spacial score (nSPS) is 21.1. The number of aliphatic imine (C=N–C) groups is 1. The zero-order valence-electron chi connectivity index (χ0n) is 15.9. The van der Waals surface area contributed by atoms with E-state index in [0.717, 1.165) is 75.2 Å². The molecule has 0 spiro atoms. The third kappa shape index (κ3) is 4.68. The number of nitrogens with zero attached hydrogens (tertiary/aromatic N) is 4. The maximum atomic E-state index is 5.48. The Labute approximate surface area is 159 Å². The lowest BCUT2D eigenvalue weighted by Gasteiger charge is -2.29. The number of nitrogens with one attached hydrogen (secondary N) is 2. The Kier molecular flexibility index (Phi) is 5.72. The minimum Gasteiger partial charge on any atom is -0.469 e. The van der Waals surface area contributed by atoms with Crippen LogP contribution >= 0.6 is 0 Å². The monoisotopic (exact) mass is 372 g/mol. The lowest BCUT2D eigenvalue weighted by atomic mass is 10.1. The van der Waals surface area contributed by atoms with Crippen LogP contribution in [0.1, 0.15) is 49.1 Å². The highest BCUT2D eigenvalue weighted by atomic mass is 16.5. The first-order chi connectivity index (χ1) is 13.3. The molecule has 4 heterocycles. The molecule has 1 unspecified atom stereocenters. The second-order valence-corrected chi connectivity index (χ2v) is 7.17. The number of fused-ring (bicyclic) bond motifs is 1. The van der Waals surface area contributed by atoms with Crippen LogP contribution in [0.15, 0.2) is 27.8 Å². The summed E-state index contributed by atoms with van der Waals surface area (Å²) in [6.45, 7) is 5.15. The lowest BCUT2D eigenvalue weighted by molar-refractivity contribution is 0.0821. The van der Waals surface area contributed by atoms with Crippen molar-refractivity contribution >= 4 is 5.96 Å². The van der Waals surface area contributed by atoms with Crippen molar-refractivity contribution in [3.63, 3.8) is 0 Å². The molecule has 2 aliphatic heterocycles. The van der Waals surface area contributed by atoms with Crippen LogP contribution in [-0.2, 0) is 17.7 Å². The minimum atomic E-state index is 0.134. The van der Waals surface area contributed by atoms with E-state index in [2.05, 4.69) is 20.7 Å². The van der Waals surface area contributed by atoms with E-state index in [1.165, 1.54) is 0 Å². The van der Waals surface area contributed by atoms with E-state index >= 15 is 0 Å². The molecule has 8 heteroatoms. The van der Waals surface area contributed by atoms with Crippen LogP contribution in [0.25, 0.3) is 0 Å². The van der Waals surface area contributed by atoms with Gasteiger partial charge in [-0.3, -0.25) is 4.99 Å². The van der Waals surface area contributed by atoms with Crippen molar-refractivity contribution < 1.29 is 9.15 Å². The van der Waals surface area contributed by atoms with E-state index in [9.17, 15) is 0 Å². The first kappa shape index (κ1) is 18.0.